The topological polar surface area (TPSA) is 77.8 Å². The Labute approximate surface area is 99.0 Å². The molecule has 0 aliphatic heterocycles. The number of hydrogen-bond donors (Lipinski definition) is 4. The minimum absolute atomic E-state index is 0.0922. The standard InChI is InChI=1S/C11H14O4S/c12-6-7-2-1-3-8(10(7)14)11(15)9(13)4-5-16/h1-3,6,9,11,13-16H,4-5H2. The highest BCUT2D eigenvalue weighted by atomic mass is 32.1. The molecule has 5 heteroatoms. The maximum Gasteiger partial charge on any atom is 0.153 e. The van der Waals surface area contributed by atoms with Gasteiger partial charge in [0.15, 0.2) is 6.29 Å². The molecule has 0 saturated heterocycles. The normalized spacial score (nSPS) is 14.4. The van der Waals surface area contributed by atoms with Crippen LogP contribution in [0.1, 0.15) is 28.4 Å². The summed E-state index contributed by atoms with van der Waals surface area (Å²) in [5, 5.41) is 29.0. The Morgan fingerprint density at radius 1 is 1.38 bits per heavy atom. The number of aliphatic hydroxyl groups excluding tert-OH is 2. The van der Waals surface area contributed by atoms with Gasteiger partial charge in [0.25, 0.3) is 0 Å². The van der Waals surface area contributed by atoms with Crippen molar-refractivity contribution in [1.82, 2.24) is 0 Å². The first-order chi connectivity index (χ1) is 7.61. The van der Waals surface area contributed by atoms with Gasteiger partial charge in [-0.3, -0.25) is 4.79 Å². The lowest BCUT2D eigenvalue weighted by molar-refractivity contribution is 0.0159. The first-order valence-electron chi connectivity index (χ1n) is 4.85. The number of aromatic hydroxyl groups is 1. The zero-order valence-electron chi connectivity index (χ0n) is 8.58. The van der Waals surface area contributed by atoms with Crippen LogP contribution in [-0.4, -0.2) is 33.5 Å². The molecule has 88 valence electrons. The Bertz CT molecular complexity index is 367. The Balaban J connectivity index is 2.99. The molecule has 0 amide bonds. The maximum absolute atomic E-state index is 10.6. The van der Waals surface area contributed by atoms with Crippen LogP contribution < -0.4 is 0 Å². The lowest BCUT2D eigenvalue weighted by atomic mass is 9.99. The summed E-state index contributed by atoms with van der Waals surface area (Å²) in [6.07, 6.45) is -1.43. The summed E-state index contributed by atoms with van der Waals surface area (Å²) < 4.78 is 0. The zero-order chi connectivity index (χ0) is 12.1. The van der Waals surface area contributed by atoms with Crippen molar-refractivity contribution in [2.24, 2.45) is 0 Å². The Morgan fingerprint density at radius 2 is 2.06 bits per heavy atom. The van der Waals surface area contributed by atoms with Crippen LogP contribution in [0.4, 0.5) is 0 Å². The molecule has 1 aromatic carbocycles. The molecule has 2 unspecified atom stereocenters. The fraction of sp³-hybridized carbons (Fsp3) is 0.364. The molecule has 0 spiro atoms. The first-order valence-corrected chi connectivity index (χ1v) is 5.49. The molecule has 0 heterocycles. The molecule has 2 atom stereocenters. The summed E-state index contributed by atoms with van der Waals surface area (Å²) in [7, 11) is 0. The second-order valence-electron chi connectivity index (χ2n) is 3.43. The number of benzene rings is 1. The molecule has 3 N–H and O–H groups in total. The van der Waals surface area contributed by atoms with Gasteiger partial charge in [0, 0.05) is 5.56 Å². The number of aliphatic hydroxyl groups is 2. The van der Waals surface area contributed by atoms with Crippen LogP contribution in [0, 0.1) is 0 Å². The molecule has 0 fully saturated rings. The molecule has 0 aliphatic carbocycles. The third-order valence-electron chi connectivity index (χ3n) is 2.33. The second kappa shape index (κ2) is 5.89. The molecule has 16 heavy (non-hydrogen) atoms. The summed E-state index contributed by atoms with van der Waals surface area (Å²) >= 11 is 3.94. The number of phenols is 1. The molecular weight excluding hydrogens is 228 g/mol. The quantitative estimate of drug-likeness (QED) is 0.457. The van der Waals surface area contributed by atoms with Gasteiger partial charge in [0.05, 0.1) is 11.7 Å². The highest BCUT2D eigenvalue weighted by Crippen LogP contribution is 2.29. The minimum Gasteiger partial charge on any atom is -0.507 e. The molecule has 0 radical (unpaired) electrons. The SMILES string of the molecule is O=Cc1cccc(C(O)C(O)CCS)c1O. The van der Waals surface area contributed by atoms with Crippen LogP contribution in [-0.2, 0) is 0 Å². The van der Waals surface area contributed by atoms with E-state index in [4.69, 9.17) is 0 Å². The number of rotatable bonds is 5. The fourth-order valence-corrected chi connectivity index (χ4v) is 1.68. The van der Waals surface area contributed by atoms with E-state index in [0.29, 0.717) is 18.5 Å². The fourth-order valence-electron chi connectivity index (χ4n) is 1.41. The van der Waals surface area contributed by atoms with E-state index in [0.717, 1.165) is 0 Å². The number of para-hydroxylation sites is 1. The summed E-state index contributed by atoms with van der Waals surface area (Å²) in [4.78, 5) is 10.6. The largest absolute Gasteiger partial charge is 0.507 e. The van der Waals surface area contributed by atoms with E-state index in [1.54, 1.807) is 0 Å². The van der Waals surface area contributed by atoms with E-state index in [-0.39, 0.29) is 16.9 Å². The van der Waals surface area contributed by atoms with Crippen molar-refractivity contribution in [3.05, 3.63) is 29.3 Å². The number of thiol groups is 1. The molecule has 1 rings (SSSR count). The van der Waals surface area contributed by atoms with Crippen molar-refractivity contribution in [2.75, 3.05) is 5.75 Å². The van der Waals surface area contributed by atoms with Crippen LogP contribution >= 0.6 is 12.6 Å². The maximum atomic E-state index is 10.6. The van der Waals surface area contributed by atoms with E-state index in [1.807, 2.05) is 0 Å². The predicted molar refractivity (Wildman–Crippen MR) is 62.9 cm³/mol. The highest BCUT2D eigenvalue weighted by molar-refractivity contribution is 7.80. The van der Waals surface area contributed by atoms with E-state index in [2.05, 4.69) is 12.6 Å². The second-order valence-corrected chi connectivity index (χ2v) is 3.87. The van der Waals surface area contributed by atoms with Crippen LogP contribution in [0.15, 0.2) is 18.2 Å². The lowest BCUT2D eigenvalue weighted by Gasteiger charge is -2.18. The molecule has 1 aromatic rings. The third-order valence-corrected chi connectivity index (χ3v) is 2.59. The minimum atomic E-state index is -1.22. The average Bonchev–Trinajstić information content (AvgIpc) is 2.29. The molecule has 0 aliphatic rings. The summed E-state index contributed by atoms with van der Waals surface area (Å²) in [6, 6.07) is 4.44. The van der Waals surface area contributed by atoms with Gasteiger partial charge < -0.3 is 15.3 Å². The van der Waals surface area contributed by atoms with Crippen LogP contribution in [0.25, 0.3) is 0 Å². The van der Waals surface area contributed by atoms with E-state index < -0.39 is 12.2 Å². The Hall–Kier alpha value is -1.04. The van der Waals surface area contributed by atoms with Gasteiger partial charge in [-0.05, 0) is 18.2 Å². The van der Waals surface area contributed by atoms with Crippen molar-refractivity contribution >= 4 is 18.9 Å². The average molecular weight is 242 g/mol. The number of phenolic OH excluding ortho intramolecular Hbond substituents is 1. The monoisotopic (exact) mass is 242 g/mol. The number of aldehydes is 1. The Morgan fingerprint density at radius 3 is 2.62 bits per heavy atom. The lowest BCUT2D eigenvalue weighted by Crippen LogP contribution is -2.19. The number of hydrogen-bond acceptors (Lipinski definition) is 5. The molecule has 0 bridgehead atoms. The van der Waals surface area contributed by atoms with E-state index in [9.17, 15) is 20.1 Å². The highest BCUT2D eigenvalue weighted by Gasteiger charge is 2.21. The van der Waals surface area contributed by atoms with Gasteiger partial charge in [-0.15, -0.1) is 0 Å². The van der Waals surface area contributed by atoms with Gasteiger partial charge >= 0.3 is 0 Å². The van der Waals surface area contributed by atoms with Gasteiger partial charge in [-0.2, -0.15) is 12.6 Å². The molecular formula is C11H14O4S. The van der Waals surface area contributed by atoms with Crippen LogP contribution in [0.3, 0.4) is 0 Å². The van der Waals surface area contributed by atoms with Gasteiger partial charge in [0.1, 0.15) is 11.9 Å². The number of carbonyl (C=O) groups is 1. The molecule has 4 nitrogen and oxygen atoms in total. The zero-order valence-corrected chi connectivity index (χ0v) is 9.47. The van der Waals surface area contributed by atoms with Crippen molar-refractivity contribution in [3.8, 4) is 5.75 Å². The first kappa shape index (κ1) is 13.0. The predicted octanol–water partition coefficient (Wildman–Crippen LogP) is 0.919. The van der Waals surface area contributed by atoms with Crippen molar-refractivity contribution < 1.29 is 20.1 Å². The Kier molecular flexibility index (Phi) is 4.79. The molecule has 0 saturated carbocycles. The van der Waals surface area contributed by atoms with Crippen LogP contribution in [0.5, 0.6) is 5.75 Å². The van der Waals surface area contributed by atoms with Crippen LogP contribution in [0.2, 0.25) is 0 Å². The van der Waals surface area contributed by atoms with E-state index in [1.165, 1.54) is 18.2 Å². The summed E-state index contributed by atoms with van der Waals surface area (Å²) in [5.74, 6) is 0.134. The molecule has 0 aromatic heterocycles. The van der Waals surface area contributed by atoms with Gasteiger partial charge in [-0.25, -0.2) is 0 Å². The van der Waals surface area contributed by atoms with Crippen molar-refractivity contribution in [1.29, 1.82) is 0 Å². The van der Waals surface area contributed by atoms with Crippen molar-refractivity contribution in [2.45, 2.75) is 18.6 Å². The van der Waals surface area contributed by atoms with E-state index >= 15 is 0 Å². The summed E-state index contributed by atoms with van der Waals surface area (Å²) in [5.41, 5.74) is 0.244. The number of carbonyl (C=O) groups excluding carboxylic acids is 1. The smallest absolute Gasteiger partial charge is 0.153 e. The van der Waals surface area contributed by atoms with Gasteiger partial charge in [0.2, 0.25) is 0 Å². The third kappa shape index (κ3) is 2.75. The van der Waals surface area contributed by atoms with Gasteiger partial charge in [-0.1, -0.05) is 12.1 Å². The van der Waals surface area contributed by atoms with Crippen molar-refractivity contribution in [3.63, 3.8) is 0 Å². The summed E-state index contributed by atoms with van der Waals surface area (Å²) in [6.45, 7) is 0.